The maximum atomic E-state index is 12.4. The summed E-state index contributed by atoms with van der Waals surface area (Å²) in [5, 5.41) is 3.95. The number of hydrogen-bond acceptors (Lipinski definition) is 6. The lowest BCUT2D eigenvalue weighted by Gasteiger charge is -2.24. The van der Waals surface area contributed by atoms with E-state index in [1.165, 1.54) is 11.2 Å². The Labute approximate surface area is 214 Å². The maximum Gasteiger partial charge on any atom is 0.410 e. The highest BCUT2D eigenvalue weighted by atomic mass is 35.5. The first kappa shape index (κ1) is 25.1. The zero-order chi connectivity index (χ0) is 25.9. The molecule has 4 aromatic rings. The molecule has 0 aliphatic rings. The predicted octanol–water partition coefficient (Wildman–Crippen LogP) is 5.33. The van der Waals surface area contributed by atoms with E-state index in [-0.39, 0.29) is 18.9 Å². The molecule has 1 aromatic carbocycles. The molecule has 10 heteroatoms. The average molecular weight is 507 g/mol. The van der Waals surface area contributed by atoms with Gasteiger partial charge in [-0.25, -0.2) is 14.8 Å². The van der Waals surface area contributed by atoms with Crippen LogP contribution in [0.15, 0.2) is 61.3 Å². The quantitative estimate of drug-likeness (QED) is 0.354. The Kier molecular flexibility index (Phi) is 7.21. The third-order valence-corrected chi connectivity index (χ3v) is 5.62. The van der Waals surface area contributed by atoms with E-state index < -0.39 is 11.7 Å². The molecule has 36 heavy (non-hydrogen) atoms. The van der Waals surface area contributed by atoms with Gasteiger partial charge in [0.2, 0.25) is 5.91 Å². The SMILES string of the molecule is CN(CCC(=O)Nc1ccc(-c2cn(-c3ccncc3)c3ncnc(Cl)c23)cc1)C(=O)OC(C)(C)C. The second kappa shape index (κ2) is 10.3. The van der Waals surface area contributed by atoms with Crippen LogP contribution in [0.4, 0.5) is 10.5 Å². The van der Waals surface area contributed by atoms with Crippen molar-refractivity contribution in [1.29, 1.82) is 0 Å². The molecule has 0 saturated heterocycles. The third kappa shape index (κ3) is 5.80. The highest BCUT2D eigenvalue weighted by Crippen LogP contribution is 2.35. The van der Waals surface area contributed by atoms with Crippen LogP contribution in [0.5, 0.6) is 0 Å². The number of pyridine rings is 1. The van der Waals surface area contributed by atoms with Crippen LogP contribution in [0.25, 0.3) is 27.8 Å². The summed E-state index contributed by atoms with van der Waals surface area (Å²) in [4.78, 5) is 38.6. The van der Waals surface area contributed by atoms with Crippen LogP contribution in [0.1, 0.15) is 27.2 Å². The summed E-state index contributed by atoms with van der Waals surface area (Å²) < 4.78 is 7.25. The number of halogens is 1. The van der Waals surface area contributed by atoms with Gasteiger partial charge in [0.1, 0.15) is 22.7 Å². The van der Waals surface area contributed by atoms with Crippen molar-refractivity contribution in [2.24, 2.45) is 0 Å². The van der Waals surface area contributed by atoms with Crippen LogP contribution < -0.4 is 5.32 Å². The molecule has 0 aliphatic heterocycles. The van der Waals surface area contributed by atoms with Crippen molar-refractivity contribution in [3.63, 3.8) is 0 Å². The van der Waals surface area contributed by atoms with Gasteiger partial charge in [-0.2, -0.15) is 0 Å². The van der Waals surface area contributed by atoms with E-state index in [2.05, 4.69) is 20.3 Å². The molecule has 0 aliphatic carbocycles. The van der Waals surface area contributed by atoms with Crippen LogP contribution >= 0.6 is 11.6 Å². The Morgan fingerprint density at radius 1 is 1.08 bits per heavy atom. The van der Waals surface area contributed by atoms with E-state index in [1.807, 2.05) is 47.2 Å². The molecule has 0 atom stereocenters. The number of anilines is 1. The molecule has 3 aromatic heterocycles. The van der Waals surface area contributed by atoms with Crippen molar-refractivity contribution < 1.29 is 14.3 Å². The number of carbonyl (C=O) groups is 2. The van der Waals surface area contributed by atoms with Gasteiger partial charge in [-0.05, 0) is 50.6 Å². The zero-order valence-corrected chi connectivity index (χ0v) is 21.3. The first-order valence-corrected chi connectivity index (χ1v) is 11.8. The van der Waals surface area contributed by atoms with Crippen LogP contribution in [-0.4, -0.2) is 55.6 Å². The van der Waals surface area contributed by atoms with Crippen molar-refractivity contribution in [3.05, 3.63) is 66.5 Å². The number of aromatic nitrogens is 4. The van der Waals surface area contributed by atoms with Gasteiger partial charge < -0.3 is 19.5 Å². The highest BCUT2D eigenvalue weighted by molar-refractivity contribution is 6.35. The average Bonchev–Trinajstić information content (AvgIpc) is 3.23. The number of amides is 2. The predicted molar refractivity (Wildman–Crippen MR) is 139 cm³/mol. The number of hydrogen-bond donors (Lipinski definition) is 1. The Bertz CT molecular complexity index is 1380. The van der Waals surface area contributed by atoms with Gasteiger partial charge >= 0.3 is 6.09 Å². The molecule has 3 heterocycles. The molecular formula is C26H27ClN6O3. The fraction of sp³-hybridized carbons (Fsp3) is 0.269. The van der Waals surface area contributed by atoms with Gasteiger partial charge in [0.15, 0.2) is 0 Å². The first-order chi connectivity index (χ1) is 17.1. The molecule has 0 bridgehead atoms. The van der Waals surface area contributed by atoms with E-state index in [0.29, 0.717) is 16.5 Å². The Hall–Kier alpha value is -3.98. The maximum absolute atomic E-state index is 12.4. The topological polar surface area (TPSA) is 102 Å². The number of nitrogens with one attached hydrogen (secondary N) is 1. The Morgan fingerprint density at radius 3 is 2.44 bits per heavy atom. The second-order valence-corrected chi connectivity index (χ2v) is 9.62. The van der Waals surface area contributed by atoms with Gasteiger partial charge in [-0.3, -0.25) is 9.78 Å². The molecule has 1 N–H and O–H groups in total. The summed E-state index contributed by atoms with van der Waals surface area (Å²) in [6, 6.07) is 11.2. The van der Waals surface area contributed by atoms with Crippen molar-refractivity contribution in [3.8, 4) is 16.8 Å². The molecule has 0 radical (unpaired) electrons. The lowest BCUT2D eigenvalue weighted by Crippen LogP contribution is -2.35. The molecule has 4 rings (SSSR count). The third-order valence-electron chi connectivity index (χ3n) is 5.34. The minimum atomic E-state index is -0.587. The number of rotatable bonds is 6. The molecule has 186 valence electrons. The van der Waals surface area contributed by atoms with Gasteiger partial charge in [0.05, 0.1) is 11.1 Å². The van der Waals surface area contributed by atoms with E-state index in [0.717, 1.165) is 22.2 Å². The van der Waals surface area contributed by atoms with Gasteiger partial charge in [0.25, 0.3) is 0 Å². The van der Waals surface area contributed by atoms with E-state index in [4.69, 9.17) is 16.3 Å². The second-order valence-electron chi connectivity index (χ2n) is 9.26. The van der Waals surface area contributed by atoms with E-state index in [1.54, 1.807) is 40.2 Å². The molecule has 0 fully saturated rings. The number of benzene rings is 1. The molecule has 0 spiro atoms. The van der Waals surface area contributed by atoms with Crippen molar-refractivity contribution in [2.45, 2.75) is 32.8 Å². The Balaban J connectivity index is 1.48. The first-order valence-electron chi connectivity index (χ1n) is 11.4. The summed E-state index contributed by atoms with van der Waals surface area (Å²) in [5.41, 5.74) is 3.40. The van der Waals surface area contributed by atoms with Crippen LogP contribution in [-0.2, 0) is 9.53 Å². The lowest BCUT2D eigenvalue weighted by molar-refractivity contribution is -0.116. The van der Waals surface area contributed by atoms with Crippen LogP contribution in [0.2, 0.25) is 5.15 Å². The minimum Gasteiger partial charge on any atom is -0.444 e. The van der Waals surface area contributed by atoms with E-state index >= 15 is 0 Å². The van der Waals surface area contributed by atoms with Crippen LogP contribution in [0.3, 0.4) is 0 Å². The highest BCUT2D eigenvalue weighted by Gasteiger charge is 2.20. The zero-order valence-electron chi connectivity index (χ0n) is 20.5. The number of nitrogens with zero attached hydrogens (tertiary/aromatic N) is 5. The molecule has 2 amide bonds. The minimum absolute atomic E-state index is 0.143. The number of ether oxygens (including phenoxy) is 1. The fourth-order valence-electron chi connectivity index (χ4n) is 3.60. The summed E-state index contributed by atoms with van der Waals surface area (Å²) >= 11 is 6.46. The fourth-order valence-corrected chi connectivity index (χ4v) is 3.83. The summed E-state index contributed by atoms with van der Waals surface area (Å²) in [6.07, 6.45) is 6.50. The summed E-state index contributed by atoms with van der Waals surface area (Å²) in [6.45, 7) is 5.64. The Morgan fingerprint density at radius 2 is 1.78 bits per heavy atom. The standard InChI is InChI=1S/C26H27ClN6O3/c1-26(2,3)36-25(35)32(4)14-11-21(34)31-18-7-5-17(6-8-18)20-15-33(19-9-12-28-13-10-19)24-22(20)23(27)29-16-30-24/h5-10,12-13,15-16H,11,14H2,1-4H3,(H,31,34). The van der Waals surface area contributed by atoms with Gasteiger partial charge in [-0.15, -0.1) is 0 Å². The van der Waals surface area contributed by atoms with Crippen molar-refractivity contribution in [2.75, 3.05) is 18.9 Å². The van der Waals surface area contributed by atoms with E-state index in [9.17, 15) is 9.59 Å². The largest absolute Gasteiger partial charge is 0.444 e. The van der Waals surface area contributed by atoms with Crippen molar-refractivity contribution in [1.82, 2.24) is 24.4 Å². The van der Waals surface area contributed by atoms with Gasteiger partial charge in [0, 0.05) is 49.9 Å². The number of carbonyl (C=O) groups excluding carboxylic acids is 2. The van der Waals surface area contributed by atoms with Gasteiger partial charge in [-0.1, -0.05) is 23.7 Å². The normalized spacial score (nSPS) is 11.4. The molecular weight excluding hydrogens is 480 g/mol. The molecule has 0 unspecified atom stereocenters. The summed E-state index contributed by atoms with van der Waals surface area (Å²) in [7, 11) is 1.60. The smallest absolute Gasteiger partial charge is 0.410 e. The van der Waals surface area contributed by atoms with Crippen molar-refractivity contribution >= 4 is 40.3 Å². The summed E-state index contributed by atoms with van der Waals surface area (Å²) in [5.74, 6) is -0.205. The molecule has 0 saturated carbocycles. The molecule has 9 nitrogen and oxygen atoms in total. The lowest BCUT2D eigenvalue weighted by atomic mass is 10.1. The number of fused-ring (bicyclic) bond motifs is 1. The van der Waals surface area contributed by atoms with Crippen LogP contribution in [0, 0.1) is 0 Å². The monoisotopic (exact) mass is 506 g/mol.